The molecule has 1 saturated heterocycles. The molecule has 178 valence electrons. The van der Waals surface area contributed by atoms with E-state index in [1.54, 1.807) is 29.2 Å². The summed E-state index contributed by atoms with van der Waals surface area (Å²) in [5, 5.41) is 5.80. The van der Waals surface area contributed by atoms with Crippen LogP contribution in [0.25, 0.3) is 0 Å². The molecule has 1 fully saturated rings. The van der Waals surface area contributed by atoms with Gasteiger partial charge in [-0.25, -0.2) is 13.4 Å². The molecule has 0 saturated carbocycles. The largest absolute Gasteiger partial charge is 0.489 e. The van der Waals surface area contributed by atoms with Gasteiger partial charge in [0.2, 0.25) is 21.8 Å². The summed E-state index contributed by atoms with van der Waals surface area (Å²) in [5.74, 6) is -0.0596. The predicted octanol–water partition coefficient (Wildman–Crippen LogP) is 2.02. The highest BCUT2D eigenvalue weighted by atomic mass is 32.2. The number of carbonyl (C=O) groups excluding carboxylic acids is 2. The van der Waals surface area contributed by atoms with Crippen LogP contribution in [0.3, 0.4) is 0 Å². The Labute approximate surface area is 197 Å². The molecule has 11 heteroatoms. The smallest absolute Gasteiger partial charge is 0.244 e. The summed E-state index contributed by atoms with van der Waals surface area (Å²) < 4.78 is 34.1. The van der Waals surface area contributed by atoms with Crippen LogP contribution in [0.4, 0.5) is 5.69 Å². The van der Waals surface area contributed by atoms with Gasteiger partial charge in [0.05, 0.1) is 27.8 Å². The van der Waals surface area contributed by atoms with Crippen LogP contribution in [-0.4, -0.2) is 61.8 Å². The number of ether oxygens (including phenoxy) is 1. The zero-order valence-corrected chi connectivity index (χ0v) is 20.6. The number of hydrogen-bond donors (Lipinski definition) is 1. The lowest BCUT2D eigenvalue weighted by atomic mass is 10.1. The van der Waals surface area contributed by atoms with Gasteiger partial charge in [0, 0.05) is 37.9 Å². The molecule has 0 spiro atoms. The molecule has 3 heterocycles. The lowest BCUT2D eigenvalue weighted by Crippen LogP contribution is -2.46. The highest BCUT2D eigenvalue weighted by Gasteiger charge is 2.40. The highest BCUT2D eigenvalue weighted by Crippen LogP contribution is 2.38. The Balaban J connectivity index is 1.52. The van der Waals surface area contributed by atoms with Crippen molar-refractivity contribution < 1.29 is 22.7 Å². The van der Waals surface area contributed by atoms with Crippen LogP contribution in [0.15, 0.2) is 22.4 Å². The van der Waals surface area contributed by atoms with Gasteiger partial charge in [0.15, 0.2) is 0 Å². The fraction of sp³-hybridized carbons (Fsp3) is 0.500. The van der Waals surface area contributed by atoms with E-state index in [4.69, 9.17) is 4.74 Å². The SMILES string of the molecule is CC(=O)N1CCOc2cc(S(=O)(=O)N3CCC[C@@H]3C(=O)NCCc3csc(C)n3)c(C)cc21. The Morgan fingerprint density at radius 2 is 2.06 bits per heavy atom. The molecule has 1 aromatic carbocycles. The molecular weight excluding hydrogens is 464 g/mol. The van der Waals surface area contributed by atoms with Crippen LogP contribution >= 0.6 is 11.3 Å². The maximum atomic E-state index is 13.6. The molecule has 1 atom stereocenters. The summed E-state index contributed by atoms with van der Waals surface area (Å²) in [6, 6.07) is 2.40. The van der Waals surface area contributed by atoms with Gasteiger partial charge >= 0.3 is 0 Å². The van der Waals surface area contributed by atoms with Gasteiger partial charge in [0.1, 0.15) is 18.4 Å². The second-order valence-electron chi connectivity index (χ2n) is 8.28. The van der Waals surface area contributed by atoms with E-state index in [1.165, 1.54) is 17.3 Å². The third-order valence-electron chi connectivity index (χ3n) is 5.94. The number of aryl methyl sites for hydroxylation is 2. The molecule has 2 aromatic rings. The first-order valence-corrected chi connectivity index (χ1v) is 13.3. The Morgan fingerprint density at radius 1 is 1.27 bits per heavy atom. The molecular formula is C22H28N4O5S2. The first-order valence-electron chi connectivity index (χ1n) is 10.9. The van der Waals surface area contributed by atoms with Crippen molar-refractivity contribution in [3.63, 3.8) is 0 Å². The summed E-state index contributed by atoms with van der Waals surface area (Å²) in [6.07, 6.45) is 1.68. The average molecular weight is 493 g/mol. The summed E-state index contributed by atoms with van der Waals surface area (Å²) in [7, 11) is -3.93. The third-order valence-corrected chi connectivity index (χ3v) is 8.81. The first-order chi connectivity index (χ1) is 15.7. The minimum absolute atomic E-state index is 0.101. The number of fused-ring (bicyclic) bond motifs is 1. The number of thiazole rings is 1. The molecule has 9 nitrogen and oxygen atoms in total. The number of rotatable bonds is 6. The molecule has 33 heavy (non-hydrogen) atoms. The Bertz CT molecular complexity index is 1180. The quantitative estimate of drug-likeness (QED) is 0.661. The van der Waals surface area contributed by atoms with Gasteiger partial charge in [0.25, 0.3) is 0 Å². The van der Waals surface area contributed by atoms with E-state index < -0.39 is 16.1 Å². The van der Waals surface area contributed by atoms with Crippen LogP contribution in [0, 0.1) is 13.8 Å². The highest BCUT2D eigenvalue weighted by molar-refractivity contribution is 7.89. The van der Waals surface area contributed by atoms with Crippen LogP contribution < -0.4 is 15.0 Å². The van der Waals surface area contributed by atoms with E-state index >= 15 is 0 Å². The predicted molar refractivity (Wildman–Crippen MR) is 125 cm³/mol. The number of sulfonamides is 1. The minimum Gasteiger partial charge on any atom is -0.489 e. The summed E-state index contributed by atoms with van der Waals surface area (Å²) in [4.78, 5) is 30.9. The standard InChI is InChI=1S/C22H28N4O5S2/c1-14-11-19-20(31-10-9-25(19)16(3)27)12-21(14)33(29,30)26-8-4-5-18(26)22(28)23-7-6-17-13-32-15(2)24-17/h11-13,18H,4-10H2,1-3H3,(H,23,28)/t18-/m1/s1. The van der Waals surface area contributed by atoms with E-state index in [9.17, 15) is 18.0 Å². The molecule has 0 bridgehead atoms. The maximum Gasteiger partial charge on any atom is 0.244 e. The van der Waals surface area contributed by atoms with Crippen molar-refractivity contribution in [1.29, 1.82) is 0 Å². The van der Waals surface area contributed by atoms with E-state index in [0.29, 0.717) is 56.0 Å². The summed E-state index contributed by atoms with van der Waals surface area (Å²) >= 11 is 1.56. The van der Waals surface area contributed by atoms with E-state index in [2.05, 4.69) is 10.3 Å². The van der Waals surface area contributed by atoms with Crippen LogP contribution in [0.1, 0.15) is 36.0 Å². The molecule has 0 radical (unpaired) electrons. The normalized spacial score (nSPS) is 18.6. The van der Waals surface area contributed by atoms with Gasteiger partial charge in [-0.3, -0.25) is 9.59 Å². The monoisotopic (exact) mass is 492 g/mol. The topological polar surface area (TPSA) is 109 Å². The van der Waals surface area contributed by atoms with Crippen molar-refractivity contribution in [2.45, 2.75) is 51.0 Å². The van der Waals surface area contributed by atoms with Crippen LogP contribution in [-0.2, 0) is 26.0 Å². The van der Waals surface area contributed by atoms with Gasteiger partial charge in [-0.15, -0.1) is 11.3 Å². The number of amides is 2. The zero-order valence-electron chi connectivity index (χ0n) is 19.0. The summed E-state index contributed by atoms with van der Waals surface area (Å²) in [6.45, 7) is 6.49. The molecule has 1 aromatic heterocycles. The first kappa shape index (κ1) is 23.7. The van der Waals surface area contributed by atoms with E-state index in [-0.39, 0.29) is 23.3 Å². The second-order valence-corrected chi connectivity index (χ2v) is 11.2. The van der Waals surface area contributed by atoms with Crippen molar-refractivity contribution in [1.82, 2.24) is 14.6 Å². The van der Waals surface area contributed by atoms with E-state index in [1.807, 2.05) is 12.3 Å². The van der Waals surface area contributed by atoms with Crippen LogP contribution in [0.2, 0.25) is 0 Å². The minimum atomic E-state index is -3.93. The molecule has 0 aliphatic carbocycles. The lowest BCUT2D eigenvalue weighted by Gasteiger charge is -2.30. The molecule has 2 aliphatic heterocycles. The fourth-order valence-electron chi connectivity index (χ4n) is 4.32. The number of nitrogens with zero attached hydrogens (tertiary/aromatic N) is 3. The lowest BCUT2D eigenvalue weighted by molar-refractivity contribution is -0.124. The number of carbonyl (C=O) groups is 2. The Kier molecular flexibility index (Phi) is 6.73. The Hall–Kier alpha value is -2.50. The maximum absolute atomic E-state index is 13.6. The van der Waals surface area contributed by atoms with Crippen molar-refractivity contribution in [2.24, 2.45) is 0 Å². The zero-order chi connectivity index (χ0) is 23.8. The number of hydrogen-bond acceptors (Lipinski definition) is 7. The van der Waals surface area contributed by atoms with Gasteiger partial charge < -0.3 is 15.0 Å². The molecule has 1 N–H and O–H groups in total. The van der Waals surface area contributed by atoms with Gasteiger partial charge in [-0.1, -0.05) is 0 Å². The van der Waals surface area contributed by atoms with Crippen molar-refractivity contribution >= 4 is 38.9 Å². The number of anilines is 1. The van der Waals surface area contributed by atoms with Crippen molar-refractivity contribution in [3.05, 3.63) is 33.8 Å². The van der Waals surface area contributed by atoms with Gasteiger partial charge in [-0.05, 0) is 38.3 Å². The molecule has 0 unspecified atom stereocenters. The molecule has 2 amide bonds. The second kappa shape index (κ2) is 9.40. The Morgan fingerprint density at radius 3 is 2.76 bits per heavy atom. The fourth-order valence-corrected chi connectivity index (χ4v) is 6.85. The molecule has 2 aliphatic rings. The number of aromatic nitrogens is 1. The van der Waals surface area contributed by atoms with E-state index in [0.717, 1.165) is 10.7 Å². The van der Waals surface area contributed by atoms with Crippen molar-refractivity contribution in [3.8, 4) is 5.75 Å². The van der Waals surface area contributed by atoms with Gasteiger partial charge in [-0.2, -0.15) is 4.31 Å². The van der Waals surface area contributed by atoms with Crippen LogP contribution in [0.5, 0.6) is 5.75 Å². The average Bonchev–Trinajstić information content (AvgIpc) is 3.42. The summed E-state index contributed by atoms with van der Waals surface area (Å²) in [5.41, 5.74) is 1.99. The van der Waals surface area contributed by atoms with Crippen molar-refractivity contribution in [2.75, 3.05) is 31.1 Å². The number of nitrogens with one attached hydrogen (secondary N) is 1. The number of benzene rings is 1. The molecule has 4 rings (SSSR count). The third kappa shape index (κ3) is 4.75.